The van der Waals surface area contributed by atoms with Gasteiger partial charge in [-0.2, -0.15) is 0 Å². The van der Waals surface area contributed by atoms with Gasteiger partial charge in [0.2, 0.25) is 11.8 Å². The topological polar surface area (TPSA) is 72.9 Å². The Bertz CT molecular complexity index is 381. The Balaban J connectivity index is 1.53. The zero-order valence-electron chi connectivity index (χ0n) is 10.4. The van der Waals surface area contributed by atoms with Crippen LogP contribution in [0.4, 0.5) is 0 Å². The smallest absolute Gasteiger partial charge is 0.239 e. The van der Waals surface area contributed by atoms with Crippen molar-refractivity contribution in [1.82, 2.24) is 15.1 Å². The molecule has 0 aromatic heterocycles. The van der Waals surface area contributed by atoms with Gasteiger partial charge in [-0.25, -0.2) is 0 Å². The number of hydrogen-bond donors (Lipinski definition) is 2. The quantitative estimate of drug-likeness (QED) is 0.622. The minimum atomic E-state index is -0.282. The molecule has 6 nitrogen and oxygen atoms in total. The molecule has 2 saturated heterocycles. The lowest BCUT2D eigenvalue weighted by Crippen LogP contribution is -2.52. The van der Waals surface area contributed by atoms with E-state index in [1.165, 1.54) is 0 Å². The molecule has 3 aliphatic rings. The fourth-order valence-corrected chi connectivity index (χ4v) is 2.97. The number of piperazine rings is 1. The summed E-state index contributed by atoms with van der Waals surface area (Å²) >= 11 is 0. The molecule has 2 N–H and O–H groups in total. The number of β-amino-alcohol motifs (C(OH)–C–C–N with tert-alkyl or cyclic N) is 1. The highest BCUT2D eigenvalue weighted by Gasteiger charge is 2.54. The minimum absolute atomic E-state index is 0.00486. The summed E-state index contributed by atoms with van der Waals surface area (Å²) in [4.78, 5) is 26.9. The Morgan fingerprint density at radius 1 is 1.50 bits per heavy atom. The molecule has 2 aliphatic heterocycles. The lowest BCUT2D eigenvalue weighted by atomic mass is 10.0. The normalized spacial score (nSPS) is 30.6. The van der Waals surface area contributed by atoms with Crippen molar-refractivity contribution in [1.29, 1.82) is 0 Å². The predicted molar refractivity (Wildman–Crippen MR) is 63.7 cm³/mol. The lowest BCUT2D eigenvalue weighted by molar-refractivity contribution is -0.138. The van der Waals surface area contributed by atoms with Gasteiger partial charge in [-0.3, -0.25) is 14.5 Å². The van der Waals surface area contributed by atoms with Crippen molar-refractivity contribution < 1.29 is 14.7 Å². The van der Waals surface area contributed by atoms with Gasteiger partial charge >= 0.3 is 0 Å². The molecule has 1 spiro atoms. The molecular formula is C12H19N3O3. The summed E-state index contributed by atoms with van der Waals surface area (Å²) in [5.74, 6) is -0.0931. The van der Waals surface area contributed by atoms with Crippen molar-refractivity contribution in [3.8, 4) is 0 Å². The van der Waals surface area contributed by atoms with Crippen molar-refractivity contribution in [2.24, 2.45) is 5.41 Å². The fraction of sp³-hybridized carbons (Fsp3) is 0.833. The Hall–Kier alpha value is -1.14. The molecule has 18 heavy (non-hydrogen) atoms. The van der Waals surface area contributed by atoms with Gasteiger partial charge in [0.1, 0.15) is 0 Å². The fourth-order valence-electron chi connectivity index (χ4n) is 2.97. The highest BCUT2D eigenvalue weighted by atomic mass is 16.3. The van der Waals surface area contributed by atoms with Gasteiger partial charge in [0, 0.05) is 31.6 Å². The third-order valence-electron chi connectivity index (χ3n) is 4.32. The third kappa shape index (κ3) is 2.10. The molecule has 3 fully saturated rings. The number of hydrogen-bond acceptors (Lipinski definition) is 4. The van der Waals surface area contributed by atoms with Crippen molar-refractivity contribution >= 4 is 11.8 Å². The third-order valence-corrected chi connectivity index (χ3v) is 4.32. The highest BCUT2D eigenvalue weighted by molar-refractivity contribution is 5.86. The summed E-state index contributed by atoms with van der Waals surface area (Å²) in [5.41, 5.74) is 0.0829. The number of nitrogens with one attached hydrogen (secondary N) is 1. The molecule has 100 valence electrons. The van der Waals surface area contributed by atoms with E-state index in [4.69, 9.17) is 0 Å². The van der Waals surface area contributed by atoms with E-state index in [9.17, 15) is 14.7 Å². The SMILES string of the molecule is O=C1CN(C(=O)CN2CC(O)C3(CC3)C2)CCN1. The number of aliphatic hydroxyl groups is 1. The number of rotatable bonds is 2. The number of carbonyl (C=O) groups is 2. The molecule has 1 aliphatic carbocycles. The largest absolute Gasteiger partial charge is 0.391 e. The summed E-state index contributed by atoms with van der Waals surface area (Å²) in [5, 5.41) is 12.6. The maximum atomic E-state index is 12.1. The maximum absolute atomic E-state index is 12.1. The van der Waals surface area contributed by atoms with Crippen LogP contribution in [0.2, 0.25) is 0 Å². The van der Waals surface area contributed by atoms with E-state index in [0.717, 1.165) is 19.4 Å². The molecule has 1 atom stereocenters. The Labute approximate surface area is 106 Å². The first-order valence-electron chi connectivity index (χ1n) is 6.54. The summed E-state index contributed by atoms with van der Waals surface area (Å²) in [6.45, 7) is 3.03. The molecular weight excluding hydrogens is 234 g/mol. The Kier molecular flexibility index (Phi) is 2.79. The average molecular weight is 253 g/mol. The van der Waals surface area contributed by atoms with E-state index in [1.807, 2.05) is 4.90 Å². The van der Waals surface area contributed by atoms with E-state index < -0.39 is 0 Å². The number of nitrogens with zero attached hydrogens (tertiary/aromatic N) is 2. The van der Waals surface area contributed by atoms with Crippen LogP contribution in [0, 0.1) is 5.41 Å². The van der Waals surface area contributed by atoms with Crippen LogP contribution in [-0.2, 0) is 9.59 Å². The lowest BCUT2D eigenvalue weighted by Gasteiger charge is -2.28. The molecule has 0 aromatic rings. The first-order chi connectivity index (χ1) is 8.59. The molecule has 0 aromatic carbocycles. The molecule has 3 rings (SSSR count). The molecule has 6 heteroatoms. The summed E-state index contributed by atoms with van der Waals surface area (Å²) in [6, 6.07) is 0. The van der Waals surface area contributed by atoms with Gasteiger partial charge in [0.25, 0.3) is 0 Å². The summed E-state index contributed by atoms with van der Waals surface area (Å²) < 4.78 is 0. The van der Waals surface area contributed by atoms with Crippen LogP contribution in [-0.4, -0.2) is 72.1 Å². The van der Waals surface area contributed by atoms with E-state index in [1.54, 1.807) is 4.90 Å². The molecule has 2 heterocycles. The molecule has 2 amide bonds. The van der Waals surface area contributed by atoms with Gasteiger partial charge in [0.05, 0.1) is 19.2 Å². The van der Waals surface area contributed by atoms with Crippen molar-refractivity contribution in [3.63, 3.8) is 0 Å². The minimum Gasteiger partial charge on any atom is -0.391 e. The highest BCUT2D eigenvalue weighted by Crippen LogP contribution is 2.52. The molecule has 1 saturated carbocycles. The number of carbonyl (C=O) groups excluding carboxylic acids is 2. The maximum Gasteiger partial charge on any atom is 0.239 e. The van der Waals surface area contributed by atoms with E-state index in [0.29, 0.717) is 26.2 Å². The van der Waals surface area contributed by atoms with Crippen LogP contribution in [0.5, 0.6) is 0 Å². The number of likely N-dealkylation sites (tertiary alicyclic amines) is 1. The second-order valence-electron chi connectivity index (χ2n) is 5.71. The van der Waals surface area contributed by atoms with E-state index in [-0.39, 0.29) is 29.9 Å². The molecule has 0 radical (unpaired) electrons. The first-order valence-corrected chi connectivity index (χ1v) is 6.54. The van der Waals surface area contributed by atoms with Crippen LogP contribution in [0.25, 0.3) is 0 Å². The van der Waals surface area contributed by atoms with E-state index >= 15 is 0 Å². The van der Waals surface area contributed by atoms with Gasteiger partial charge in [-0.1, -0.05) is 0 Å². The van der Waals surface area contributed by atoms with Crippen LogP contribution in [0.15, 0.2) is 0 Å². The monoisotopic (exact) mass is 253 g/mol. The van der Waals surface area contributed by atoms with Crippen LogP contribution in [0.1, 0.15) is 12.8 Å². The molecule has 0 bridgehead atoms. The second kappa shape index (κ2) is 4.20. The average Bonchev–Trinajstić information content (AvgIpc) is 3.03. The zero-order chi connectivity index (χ0) is 12.8. The van der Waals surface area contributed by atoms with Gasteiger partial charge < -0.3 is 15.3 Å². The zero-order valence-corrected chi connectivity index (χ0v) is 10.4. The van der Waals surface area contributed by atoms with E-state index in [2.05, 4.69) is 5.32 Å². The van der Waals surface area contributed by atoms with Crippen molar-refractivity contribution in [2.45, 2.75) is 18.9 Å². The van der Waals surface area contributed by atoms with Gasteiger partial charge in [-0.15, -0.1) is 0 Å². The standard InChI is InChI=1S/C12H19N3O3/c16-9-5-14(8-12(9)1-2-12)7-11(18)15-4-3-13-10(17)6-15/h9,16H,1-8H2,(H,13,17). The molecule has 1 unspecified atom stereocenters. The summed E-state index contributed by atoms with van der Waals surface area (Å²) in [7, 11) is 0. The van der Waals surface area contributed by atoms with Gasteiger partial charge in [-0.05, 0) is 12.8 Å². The van der Waals surface area contributed by atoms with Gasteiger partial charge in [0.15, 0.2) is 0 Å². The first kappa shape index (κ1) is 11.9. The second-order valence-corrected chi connectivity index (χ2v) is 5.71. The van der Waals surface area contributed by atoms with Crippen molar-refractivity contribution in [3.05, 3.63) is 0 Å². The Morgan fingerprint density at radius 2 is 2.28 bits per heavy atom. The van der Waals surface area contributed by atoms with Crippen LogP contribution in [0.3, 0.4) is 0 Å². The van der Waals surface area contributed by atoms with Crippen LogP contribution >= 0.6 is 0 Å². The number of amides is 2. The number of aliphatic hydroxyl groups excluding tert-OH is 1. The summed E-state index contributed by atoms with van der Waals surface area (Å²) in [6.07, 6.45) is 1.87. The van der Waals surface area contributed by atoms with Crippen LogP contribution < -0.4 is 5.32 Å². The predicted octanol–water partition coefficient (Wildman–Crippen LogP) is -1.60. The van der Waals surface area contributed by atoms with Crippen molar-refractivity contribution in [2.75, 3.05) is 39.3 Å². The Morgan fingerprint density at radius 3 is 2.89 bits per heavy atom.